The minimum absolute atomic E-state index is 0. The molecule has 40 nitrogen and oxygen atoms in total. The van der Waals surface area contributed by atoms with E-state index in [0.717, 1.165) is 39.2 Å². The van der Waals surface area contributed by atoms with Gasteiger partial charge in [0.05, 0.1) is 81.7 Å². The van der Waals surface area contributed by atoms with Gasteiger partial charge in [-0.2, -0.15) is 0 Å². The number of carboxylic acids is 2. The van der Waals surface area contributed by atoms with E-state index >= 15 is 0 Å². The van der Waals surface area contributed by atoms with Crippen molar-refractivity contribution in [1.29, 1.82) is 0 Å². The van der Waals surface area contributed by atoms with Gasteiger partial charge < -0.3 is 115 Å². The van der Waals surface area contributed by atoms with Crippen LogP contribution in [-0.4, -0.2) is 361 Å². The number of hydrogen-bond donors (Lipinski definition) is 5. The Hall–Kier alpha value is -10.9. The molecule has 7 rings (SSSR count). The van der Waals surface area contributed by atoms with Crippen LogP contribution in [0.5, 0.6) is 0 Å². The molecule has 0 aliphatic carbocycles. The van der Waals surface area contributed by atoms with Crippen molar-refractivity contribution in [3.8, 4) is 0 Å². The van der Waals surface area contributed by atoms with Gasteiger partial charge in [-0.25, -0.2) is 19.2 Å². The predicted octanol–water partition coefficient (Wildman–Crippen LogP) is 10.7. The van der Waals surface area contributed by atoms with Crippen LogP contribution in [0, 0.1) is 7.43 Å². The maximum Gasteiger partial charge on any atom is 0.410 e. The van der Waals surface area contributed by atoms with Gasteiger partial charge in [-0.3, -0.25) is 67.3 Å². The number of rotatable bonds is 35. The van der Waals surface area contributed by atoms with E-state index < -0.39 is 155 Å². The Labute approximate surface area is 884 Å². The fourth-order valence-electron chi connectivity index (χ4n) is 13.8. The van der Waals surface area contributed by atoms with Crippen LogP contribution in [-0.2, 0) is 157 Å². The van der Waals surface area contributed by atoms with E-state index in [-0.39, 0.29) is 133 Å². The van der Waals surface area contributed by atoms with Crippen LogP contribution in [0.1, 0.15) is 207 Å². The SMILES string of the molecule is CC(C)(C)OC(=O)CN.CO.C[C@@H](O)[C@H]1C(=O)N(CC(=O)N2CCN(C(=O)OC(C)(C)C)CC2)CC(=O)N1C.C[C@@H](OCc1ccccc1)[C@@H](C(=O)CCC(=O)OC(C)(C)C)N(C)C(=O)CBr.C[C@@H](OCc1ccccc1)[C@@H](C(=O)CCC(=O)OC(C)(C)C)N(C)C(=O)OC(C)(C)C.C[C@@H](OCc1ccccc1)[C@@H](C(=O)O)N(C)C(=O)OC(C)(C)C.C[C@@H](OCc1ccccc1)[C@H]1C(=O)N(CC(=O)O)CC(=O)N1C.[CH3-].[Pd]. The summed E-state index contributed by atoms with van der Waals surface area (Å²) in [7, 11) is 8.47. The number of nitrogens with two attached hydrogens (primary N) is 1. The van der Waals surface area contributed by atoms with E-state index in [2.05, 4.69) is 15.9 Å². The number of alkyl halides is 1. The molecule has 10 atom stereocenters. The first-order chi connectivity index (χ1) is 66.6. The molecule has 0 aromatic heterocycles. The number of nitrogens with zero attached hydrogens (tertiary/aromatic N) is 9. The Balaban J connectivity index is 0. The van der Waals surface area contributed by atoms with Crippen LogP contribution in [0.25, 0.3) is 0 Å². The Kier molecular flexibility index (Phi) is 61.7. The second-order valence-corrected chi connectivity index (χ2v) is 40.7. The quantitative estimate of drug-likeness (QED) is 0.00939. The Morgan fingerprint density at radius 3 is 1.02 bits per heavy atom. The topological polar surface area (TPSA) is 502 Å². The zero-order valence-electron chi connectivity index (χ0n) is 90.7. The number of amides is 9. The average molecular weight is 2220 g/mol. The zero-order valence-corrected chi connectivity index (χ0v) is 93.9. The van der Waals surface area contributed by atoms with Gasteiger partial charge in [-0.05, 0) is 181 Å². The van der Waals surface area contributed by atoms with Gasteiger partial charge in [0, 0.05) is 102 Å². The molecular weight excluding hydrogens is 2060 g/mol. The molecule has 6 N–H and O–H groups in total. The fourth-order valence-corrected chi connectivity index (χ4v) is 14.2. The smallest absolute Gasteiger partial charge is 0.410 e. The van der Waals surface area contributed by atoms with Crippen molar-refractivity contribution in [2.45, 2.75) is 306 Å². The molecule has 42 heteroatoms. The molecule has 3 aliphatic rings. The molecule has 3 heterocycles. The van der Waals surface area contributed by atoms with Crippen molar-refractivity contribution in [2.24, 2.45) is 5.73 Å². The Morgan fingerprint density at radius 2 is 0.712 bits per heavy atom. The Bertz CT molecular complexity index is 4710. The molecule has 0 bridgehead atoms. The monoisotopic (exact) mass is 2220 g/mol. The van der Waals surface area contributed by atoms with Crippen LogP contribution < -0.4 is 5.73 Å². The zero-order chi connectivity index (χ0) is 110. The van der Waals surface area contributed by atoms with Gasteiger partial charge >= 0.3 is 48.1 Å². The number of ketones is 2. The number of benzene rings is 4. The van der Waals surface area contributed by atoms with E-state index in [4.69, 9.17) is 63.3 Å². The third-order valence-corrected chi connectivity index (χ3v) is 21.1. The maximum atomic E-state index is 13.0. The van der Waals surface area contributed by atoms with Gasteiger partial charge in [0.1, 0.15) is 84.0 Å². The minimum atomic E-state index is -1.15. The summed E-state index contributed by atoms with van der Waals surface area (Å²) in [5.41, 5.74) is 5.21. The predicted molar refractivity (Wildman–Crippen MR) is 546 cm³/mol. The number of carboxylic acid groups (broad SMARTS) is 2. The summed E-state index contributed by atoms with van der Waals surface area (Å²) < 4.78 is 54.4. The number of aliphatic hydroxyl groups excluding tert-OH is 2. The summed E-state index contributed by atoms with van der Waals surface area (Å²) in [6, 6.07) is 33.4. The van der Waals surface area contributed by atoms with E-state index in [1.807, 2.05) is 121 Å². The number of esters is 3. The number of likely N-dealkylation sites (N-methyl/N-ethyl adjacent to an activating group) is 5. The molecule has 4 aromatic rings. The van der Waals surface area contributed by atoms with Crippen LogP contribution >= 0.6 is 15.9 Å². The van der Waals surface area contributed by atoms with Crippen molar-refractivity contribution in [3.05, 3.63) is 151 Å². The van der Waals surface area contributed by atoms with E-state index in [1.54, 1.807) is 169 Å². The molecule has 9 amide bonds. The Morgan fingerprint density at radius 1 is 0.418 bits per heavy atom. The molecular formula is C104H162BrN10O30Pd-. The number of halogens is 1. The summed E-state index contributed by atoms with van der Waals surface area (Å²) in [6.07, 6.45) is -5.32. The third-order valence-electron chi connectivity index (χ3n) is 20.6. The molecule has 3 aliphatic heterocycles. The number of carbonyl (C=O) groups is 16. The number of carbonyl (C=O) groups excluding carboxylic acids is 14. The minimum Gasteiger partial charge on any atom is -0.480 e. The van der Waals surface area contributed by atoms with Gasteiger partial charge in [0.15, 0.2) is 17.6 Å². The molecule has 0 unspecified atom stereocenters. The van der Waals surface area contributed by atoms with Crippen LogP contribution in [0.15, 0.2) is 121 Å². The average Bonchev–Trinajstić information content (AvgIpc) is 0.797. The van der Waals surface area contributed by atoms with E-state index in [9.17, 15) is 86.9 Å². The number of ether oxygens (including phenoxy) is 10. The molecule has 0 spiro atoms. The third kappa shape index (κ3) is 54.1. The first-order valence-corrected chi connectivity index (χ1v) is 48.4. The standard InChI is InChI=1S/C24H37NO6.C21H30BrNO5.C18H30N4O6.C17H25NO5.C16H20N2O5.C6H13NO2.CH4O.CH3.Pd/c1-17(29-16-18-12-10-9-11-13-18)21(25(8)22(28)31-24(5,6)7)19(26)14-15-20(27)30-23(2,3)4;1-15(27-14-16-9-7-6-8-10-16)20(23(5)18(25)13-22)17(24)11-12-19(26)28-21(2,3)4;1-12(23)15-16(26)22(10-13(24)19(15)5)11-14(25)20-6-8-21(9-7-20)17(27)28-18(2,3)4;1-12(22-11-13-9-7-6-8-10-13)14(15(19)20)18(5)16(21)23-17(2,3)4;1-11(23-10-12-6-4-3-5-7-12)15-16(22)18(9-14(20)21)8-13(19)17(15)2;1-6(2,3)9-5(8)4-7;1-2;;/h9-13,17,21H,14-16H2,1-8H3;6-10,15,20H,11-14H2,1-5H3;12,15,23H,6-11H2,1-5H3;6-10,12,14H,11H2,1-5H3,(H,19,20);3-7,11,15H,8-10H2,1-2H3,(H,20,21);4,7H2,1-3H3;2H,1H3;1H3;/q;;;;;;;-1;/t17-,21+;15-,20+;12-,15+;12-,14+;11-,15+;;;;/m11111..../s1. The van der Waals surface area contributed by atoms with Crippen molar-refractivity contribution in [2.75, 3.05) is 107 Å². The second kappa shape index (κ2) is 65.7. The maximum absolute atomic E-state index is 13.0. The van der Waals surface area contributed by atoms with Gasteiger partial charge in [0.2, 0.25) is 35.4 Å². The molecule has 4 aromatic carbocycles. The number of aliphatic hydroxyl groups is 2. The fraction of sp³-hybridized carbons (Fsp3) is 0.606. The number of aliphatic carboxylic acids is 2. The van der Waals surface area contributed by atoms with Crippen LogP contribution in [0.2, 0.25) is 0 Å². The molecule has 0 radical (unpaired) electrons. The van der Waals surface area contributed by atoms with Gasteiger partial charge in [-0.15, -0.1) is 0 Å². The summed E-state index contributed by atoms with van der Waals surface area (Å²) in [5, 5.41) is 35.2. The van der Waals surface area contributed by atoms with Crippen LogP contribution in [0.3, 0.4) is 0 Å². The normalized spacial score (nSPS) is 15.9. The molecule has 3 saturated heterocycles. The molecule has 0 saturated carbocycles. The van der Waals surface area contributed by atoms with Gasteiger partial charge in [-0.1, -0.05) is 137 Å². The molecule has 3 fully saturated rings. The summed E-state index contributed by atoms with van der Waals surface area (Å²) in [6.45, 7) is 41.5. The van der Waals surface area contributed by atoms with E-state index in [1.165, 1.54) is 59.6 Å². The molecule has 146 heavy (non-hydrogen) atoms. The van der Waals surface area contributed by atoms with Crippen LogP contribution in [0.4, 0.5) is 14.4 Å². The van der Waals surface area contributed by atoms with Gasteiger partial charge in [0.25, 0.3) is 0 Å². The first kappa shape index (κ1) is 137. The first-order valence-electron chi connectivity index (χ1n) is 47.3. The summed E-state index contributed by atoms with van der Waals surface area (Å²) in [4.78, 5) is 205. The van der Waals surface area contributed by atoms with Crippen molar-refractivity contribution < 1.29 is 165 Å². The summed E-state index contributed by atoms with van der Waals surface area (Å²) in [5.74, 6) is -6.07. The number of piperazine rings is 3. The molecule has 826 valence electrons. The number of hydrogen-bond acceptors (Lipinski definition) is 29. The summed E-state index contributed by atoms with van der Waals surface area (Å²) >= 11 is 3.14. The van der Waals surface area contributed by atoms with Crippen molar-refractivity contribution in [3.63, 3.8) is 0 Å². The second-order valence-electron chi connectivity index (χ2n) is 40.2. The van der Waals surface area contributed by atoms with Crippen molar-refractivity contribution in [1.82, 2.24) is 44.1 Å². The largest absolute Gasteiger partial charge is 0.480 e. The number of Topliss-reactive ketones (excluding diaryl/α,β-unsaturated/α-hetero) is 2. The van der Waals surface area contributed by atoms with Crippen molar-refractivity contribution >= 4 is 111 Å². The van der Waals surface area contributed by atoms with E-state index in [0.29, 0.717) is 46.0 Å².